The van der Waals surface area contributed by atoms with Gasteiger partial charge in [0.1, 0.15) is 22.9 Å². The summed E-state index contributed by atoms with van der Waals surface area (Å²) in [6, 6.07) is 14.0. The van der Waals surface area contributed by atoms with E-state index >= 15 is 0 Å². The van der Waals surface area contributed by atoms with Crippen molar-refractivity contribution in [2.75, 3.05) is 6.61 Å². The smallest absolute Gasteiger partial charge is 0.138 e. The van der Waals surface area contributed by atoms with Crippen molar-refractivity contribution in [2.24, 2.45) is 0 Å². The van der Waals surface area contributed by atoms with Crippen molar-refractivity contribution in [3.05, 3.63) is 70.8 Å². The largest absolute Gasteiger partial charge is 0.394 e. The summed E-state index contributed by atoms with van der Waals surface area (Å²) in [4.78, 5) is 0. The fourth-order valence-electron chi connectivity index (χ4n) is 5.35. The van der Waals surface area contributed by atoms with Crippen LogP contribution in [0.25, 0.3) is 0 Å². The third-order valence-electron chi connectivity index (χ3n) is 6.85. The minimum atomic E-state index is -2.24. The number of hydrogen-bond acceptors (Lipinski definition) is 6. The van der Waals surface area contributed by atoms with E-state index in [0.29, 0.717) is 11.1 Å². The molecule has 7 atom stereocenters. The van der Waals surface area contributed by atoms with Gasteiger partial charge in [0.05, 0.1) is 18.6 Å². The monoisotopic (exact) mass is 386 g/mol. The Morgan fingerprint density at radius 2 is 1.32 bits per heavy atom. The summed E-state index contributed by atoms with van der Waals surface area (Å²) >= 11 is 0. The van der Waals surface area contributed by atoms with Crippen molar-refractivity contribution in [3.8, 4) is 0 Å². The molecule has 2 aliphatic rings. The molecule has 2 aliphatic carbocycles. The molecule has 6 heteroatoms. The number of hydrogen-bond donors (Lipinski definition) is 6. The lowest BCUT2D eigenvalue weighted by molar-refractivity contribution is -0.459. The van der Waals surface area contributed by atoms with Crippen LogP contribution in [0, 0.1) is 13.8 Å². The zero-order valence-corrected chi connectivity index (χ0v) is 15.8. The van der Waals surface area contributed by atoms with E-state index in [2.05, 4.69) is 0 Å². The number of benzene rings is 2. The molecule has 0 amide bonds. The standard InChI is InChI=1S/C22H26O6/c1-12-3-7-14(8-4-12)17-19(25)21(27)18(15-9-5-13(2)6-10-15)20(26,16(24)11-23)22(17,21)28/h3-10,16-19,23-28H,11H2,1-2H3/t16?,17?,18?,19?,20-,21-,22-/m0/s1. The minimum absolute atomic E-state index is 0.467. The van der Waals surface area contributed by atoms with E-state index in [4.69, 9.17) is 0 Å². The van der Waals surface area contributed by atoms with Gasteiger partial charge >= 0.3 is 0 Å². The summed E-state index contributed by atoms with van der Waals surface area (Å²) in [5.41, 5.74) is -3.56. The average Bonchev–Trinajstić information content (AvgIpc) is 2.69. The minimum Gasteiger partial charge on any atom is -0.394 e. The van der Waals surface area contributed by atoms with E-state index in [1.807, 2.05) is 13.8 Å². The Bertz CT molecular complexity index is 879. The highest BCUT2D eigenvalue weighted by atomic mass is 16.5. The Kier molecular flexibility index (Phi) is 4.25. The van der Waals surface area contributed by atoms with Gasteiger partial charge in [0.2, 0.25) is 0 Å². The van der Waals surface area contributed by atoms with Crippen LogP contribution >= 0.6 is 0 Å². The average molecular weight is 386 g/mol. The van der Waals surface area contributed by atoms with Crippen LogP contribution in [0.2, 0.25) is 0 Å². The predicted octanol–water partition coefficient (Wildman–Crippen LogP) is 0.105. The van der Waals surface area contributed by atoms with E-state index < -0.39 is 47.5 Å². The maximum atomic E-state index is 11.5. The first-order valence-corrected chi connectivity index (χ1v) is 9.41. The number of aliphatic hydroxyl groups excluding tert-OH is 3. The molecule has 0 heterocycles. The highest BCUT2D eigenvalue weighted by Gasteiger charge is 2.93. The normalized spacial score (nSPS) is 40.2. The molecule has 0 saturated heterocycles. The SMILES string of the molecule is Cc1ccc(C2[C@]3(O)C(O)C(c4ccc(C)cc4)[C@]3(O)[C@]2(O)C(O)CO)cc1. The van der Waals surface area contributed by atoms with Crippen LogP contribution in [-0.4, -0.2) is 66.3 Å². The highest BCUT2D eigenvalue weighted by molar-refractivity contribution is 5.55. The molecule has 0 spiro atoms. The van der Waals surface area contributed by atoms with E-state index in [-0.39, 0.29) is 0 Å². The molecular weight excluding hydrogens is 360 g/mol. The topological polar surface area (TPSA) is 121 Å². The summed E-state index contributed by atoms with van der Waals surface area (Å²) in [5.74, 6) is -2.17. The van der Waals surface area contributed by atoms with Gasteiger partial charge in [-0.25, -0.2) is 0 Å². The van der Waals surface area contributed by atoms with Gasteiger partial charge in [0.25, 0.3) is 0 Å². The molecule has 0 bridgehead atoms. The van der Waals surface area contributed by atoms with Gasteiger partial charge in [-0.2, -0.15) is 0 Å². The lowest BCUT2D eigenvalue weighted by Crippen LogP contribution is -2.99. The second-order valence-electron chi connectivity index (χ2n) is 8.29. The molecule has 4 unspecified atom stereocenters. The van der Waals surface area contributed by atoms with Crippen molar-refractivity contribution in [1.29, 1.82) is 0 Å². The molecule has 2 saturated carbocycles. The lowest BCUT2D eigenvalue weighted by atomic mass is 9.30. The summed E-state index contributed by atoms with van der Waals surface area (Å²) in [6.07, 6.45) is -3.05. The Morgan fingerprint density at radius 1 is 0.857 bits per heavy atom. The van der Waals surface area contributed by atoms with Crippen molar-refractivity contribution >= 4 is 0 Å². The first-order valence-electron chi connectivity index (χ1n) is 9.41. The molecular formula is C22H26O6. The Labute approximate surface area is 163 Å². The molecule has 0 aliphatic heterocycles. The molecule has 6 nitrogen and oxygen atoms in total. The van der Waals surface area contributed by atoms with Crippen LogP contribution < -0.4 is 0 Å². The van der Waals surface area contributed by atoms with Crippen LogP contribution in [0.1, 0.15) is 34.1 Å². The molecule has 150 valence electrons. The molecule has 2 aromatic carbocycles. The quantitative estimate of drug-likeness (QED) is 0.444. The van der Waals surface area contributed by atoms with E-state index in [9.17, 15) is 30.6 Å². The van der Waals surface area contributed by atoms with Gasteiger partial charge in [-0.15, -0.1) is 0 Å². The Hall–Kier alpha value is -1.80. The predicted molar refractivity (Wildman–Crippen MR) is 102 cm³/mol. The maximum Gasteiger partial charge on any atom is 0.138 e. The number of rotatable bonds is 4. The van der Waals surface area contributed by atoms with Crippen molar-refractivity contribution in [1.82, 2.24) is 0 Å². The maximum absolute atomic E-state index is 11.5. The molecule has 0 aromatic heterocycles. The summed E-state index contributed by atoms with van der Waals surface area (Å²) in [7, 11) is 0. The molecule has 2 aromatic rings. The molecule has 6 N–H and O–H groups in total. The van der Waals surface area contributed by atoms with Crippen molar-refractivity contribution in [2.45, 2.75) is 54.7 Å². The first kappa shape index (κ1) is 19.5. The van der Waals surface area contributed by atoms with Gasteiger partial charge in [-0.3, -0.25) is 0 Å². The Balaban J connectivity index is 1.84. The molecule has 0 radical (unpaired) electrons. The van der Waals surface area contributed by atoms with Crippen LogP contribution in [0.3, 0.4) is 0 Å². The molecule has 28 heavy (non-hydrogen) atoms. The van der Waals surface area contributed by atoms with Gasteiger partial charge in [-0.1, -0.05) is 59.7 Å². The van der Waals surface area contributed by atoms with Gasteiger partial charge < -0.3 is 30.6 Å². The number of aryl methyl sites for hydroxylation is 2. The highest BCUT2D eigenvalue weighted by Crippen LogP contribution is 2.75. The molecule has 2 fully saturated rings. The fraction of sp³-hybridized carbons (Fsp3) is 0.455. The second-order valence-corrected chi connectivity index (χ2v) is 8.29. The third-order valence-corrected chi connectivity index (χ3v) is 6.85. The zero-order valence-electron chi connectivity index (χ0n) is 15.8. The van der Waals surface area contributed by atoms with Crippen LogP contribution in [0.5, 0.6) is 0 Å². The number of fused-ring (bicyclic) bond motifs is 1. The molecule has 4 rings (SSSR count). The summed E-state index contributed by atoms with van der Waals surface area (Å²) in [5, 5.41) is 65.1. The fourth-order valence-corrected chi connectivity index (χ4v) is 5.35. The van der Waals surface area contributed by atoms with E-state index in [1.54, 1.807) is 48.5 Å². The second kappa shape index (κ2) is 6.10. The van der Waals surface area contributed by atoms with Crippen LogP contribution in [0.15, 0.2) is 48.5 Å². The first-order chi connectivity index (χ1) is 13.1. The van der Waals surface area contributed by atoms with Gasteiger partial charge in [0, 0.05) is 5.92 Å². The van der Waals surface area contributed by atoms with Crippen LogP contribution in [0.4, 0.5) is 0 Å². The van der Waals surface area contributed by atoms with Crippen LogP contribution in [-0.2, 0) is 0 Å². The van der Waals surface area contributed by atoms with Crippen molar-refractivity contribution in [3.63, 3.8) is 0 Å². The summed E-state index contributed by atoms with van der Waals surface area (Å²) in [6.45, 7) is 2.98. The van der Waals surface area contributed by atoms with Crippen molar-refractivity contribution < 1.29 is 30.6 Å². The summed E-state index contributed by atoms with van der Waals surface area (Å²) < 4.78 is 0. The Morgan fingerprint density at radius 3 is 1.79 bits per heavy atom. The number of aliphatic hydroxyl groups is 6. The zero-order chi connectivity index (χ0) is 20.5. The van der Waals surface area contributed by atoms with E-state index in [1.165, 1.54) is 0 Å². The van der Waals surface area contributed by atoms with Gasteiger partial charge in [-0.05, 0) is 25.0 Å². The lowest BCUT2D eigenvalue weighted by Gasteiger charge is -2.80. The van der Waals surface area contributed by atoms with E-state index in [0.717, 1.165) is 11.1 Å². The van der Waals surface area contributed by atoms with Gasteiger partial charge in [0.15, 0.2) is 0 Å². The third kappa shape index (κ3) is 2.03.